The van der Waals surface area contributed by atoms with Crippen LogP contribution in [-0.2, 0) is 9.53 Å². The SMILES string of the molecule is CC(=O)c1oc2ccccc2c1NC(=O)COC(=O)c1ccsc1. The molecule has 2 heterocycles. The summed E-state index contributed by atoms with van der Waals surface area (Å²) in [5, 5.41) is 6.58. The summed E-state index contributed by atoms with van der Waals surface area (Å²) in [6.07, 6.45) is 0. The van der Waals surface area contributed by atoms with E-state index < -0.39 is 18.5 Å². The van der Waals surface area contributed by atoms with Crippen LogP contribution >= 0.6 is 11.3 Å². The number of carbonyl (C=O) groups excluding carboxylic acids is 3. The maximum Gasteiger partial charge on any atom is 0.339 e. The van der Waals surface area contributed by atoms with Crippen molar-refractivity contribution >= 4 is 45.7 Å². The number of furan rings is 1. The van der Waals surface area contributed by atoms with Crippen LogP contribution in [0, 0.1) is 0 Å². The number of benzene rings is 1. The van der Waals surface area contributed by atoms with Crippen LogP contribution in [0.15, 0.2) is 45.5 Å². The van der Waals surface area contributed by atoms with Gasteiger partial charge in [-0.05, 0) is 23.6 Å². The molecule has 7 heteroatoms. The fourth-order valence-electron chi connectivity index (χ4n) is 2.19. The van der Waals surface area contributed by atoms with Crippen LogP contribution < -0.4 is 5.32 Å². The number of hydrogen-bond donors (Lipinski definition) is 1. The van der Waals surface area contributed by atoms with Gasteiger partial charge in [-0.3, -0.25) is 9.59 Å². The van der Waals surface area contributed by atoms with Gasteiger partial charge < -0.3 is 14.5 Å². The lowest BCUT2D eigenvalue weighted by Gasteiger charge is -2.06. The first-order valence-corrected chi connectivity index (χ1v) is 8.02. The average molecular weight is 343 g/mol. The highest BCUT2D eigenvalue weighted by atomic mass is 32.1. The fourth-order valence-corrected chi connectivity index (χ4v) is 2.81. The van der Waals surface area contributed by atoms with E-state index in [1.807, 2.05) is 0 Å². The Balaban J connectivity index is 1.74. The lowest BCUT2D eigenvalue weighted by atomic mass is 10.2. The molecule has 2 aromatic heterocycles. The van der Waals surface area contributed by atoms with Crippen molar-refractivity contribution in [1.29, 1.82) is 0 Å². The van der Waals surface area contributed by atoms with Gasteiger partial charge in [0, 0.05) is 17.7 Å². The van der Waals surface area contributed by atoms with E-state index in [-0.39, 0.29) is 17.2 Å². The molecule has 0 fully saturated rings. The number of ketones is 1. The summed E-state index contributed by atoms with van der Waals surface area (Å²) < 4.78 is 10.4. The molecule has 0 spiro atoms. The molecule has 0 unspecified atom stereocenters. The summed E-state index contributed by atoms with van der Waals surface area (Å²) in [6, 6.07) is 8.59. The average Bonchev–Trinajstić information content (AvgIpc) is 3.21. The molecule has 3 aromatic rings. The van der Waals surface area contributed by atoms with Crippen molar-refractivity contribution < 1.29 is 23.5 Å². The number of rotatable bonds is 5. The normalized spacial score (nSPS) is 10.5. The third kappa shape index (κ3) is 3.21. The minimum absolute atomic E-state index is 0.0636. The van der Waals surface area contributed by atoms with E-state index in [0.29, 0.717) is 16.5 Å². The molecule has 1 N–H and O–H groups in total. The first kappa shape index (κ1) is 15.9. The molecule has 1 amide bonds. The first-order valence-electron chi connectivity index (χ1n) is 7.08. The zero-order chi connectivity index (χ0) is 17.1. The second-order valence-corrected chi connectivity index (χ2v) is 5.77. The second kappa shape index (κ2) is 6.67. The molecule has 122 valence electrons. The Morgan fingerprint density at radius 1 is 1.21 bits per heavy atom. The summed E-state index contributed by atoms with van der Waals surface area (Å²) in [6.45, 7) is 0.898. The minimum atomic E-state index is -0.574. The van der Waals surface area contributed by atoms with Crippen LogP contribution in [-0.4, -0.2) is 24.3 Å². The van der Waals surface area contributed by atoms with E-state index in [9.17, 15) is 14.4 Å². The summed E-state index contributed by atoms with van der Waals surface area (Å²) in [4.78, 5) is 35.5. The lowest BCUT2D eigenvalue weighted by molar-refractivity contribution is -0.119. The maximum absolute atomic E-state index is 12.1. The molecule has 0 aliphatic rings. The molecule has 1 aromatic carbocycles. The Labute approximate surface area is 141 Å². The number of Topliss-reactive ketones (excluding diaryl/α,β-unsaturated/α-hetero) is 1. The van der Waals surface area contributed by atoms with Gasteiger partial charge in [-0.1, -0.05) is 12.1 Å². The zero-order valence-corrected chi connectivity index (χ0v) is 13.5. The predicted molar refractivity (Wildman–Crippen MR) is 89.4 cm³/mol. The number of thiophene rings is 1. The van der Waals surface area contributed by atoms with Crippen LogP contribution in [0.4, 0.5) is 5.69 Å². The molecule has 6 nitrogen and oxygen atoms in total. The molecule has 0 saturated carbocycles. The molecule has 24 heavy (non-hydrogen) atoms. The van der Waals surface area contributed by atoms with Crippen LogP contribution in [0.5, 0.6) is 0 Å². The first-order chi connectivity index (χ1) is 11.6. The number of fused-ring (bicyclic) bond motifs is 1. The third-order valence-corrected chi connectivity index (χ3v) is 3.95. The molecular formula is C17H13NO5S. The van der Waals surface area contributed by atoms with Gasteiger partial charge in [0.15, 0.2) is 18.2 Å². The highest BCUT2D eigenvalue weighted by molar-refractivity contribution is 7.08. The Kier molecular flexibility index (Phi) is 4.43. The van der Waals surface area contributed by atoms with Gasteiger partial charge in [0.25, 0.3) is 5.91 Å². The number of para-hydroxylation sites is 1. The van der Waals surface area contributed by atoms with Crippen LogP contribution in [0.3, 0.4) is 0 Å². The van der Waals surface area contributed by atoms with E-state index in [4.69, 9.17) is 9.15 Å². The maximum atomic E-state index is 12.1. The Hall–Kier alpha value is -2.93. The van der Waals surface area contributed by atoms with Crippen LogP contribution in [0.1, 0.15) is 27.8 Å². The summed E-state index contributed by atoms with van der Waals surface area (Å²) in [5.41, 5.74) is 1.17. The second-order valence-electron chi connectivity index (χ2n) is 4.99. The third-order valence-electron chi connectivity index (χ3n) is 3.27. The number of anilines is 1. The largest absolute Gasteiger partial charge is 0.452 e. The van der Waals surface area contributed by atoms with Crippen molar-refractivity contribution in [3.05, 3.63) is 52.4 Å². The van der Waals surface area contributed by atoms with Crippen molar-refractivity contribution in [3.63, 3.8) is 0 Å². The molecule has 0 aliphatic carbocycles. The minimum Gasteiger partial charge on any atom is -0.452 e. The number of ether oxygens (including phenoxy) is 1. The molecule has 3 rings (SSSR count). The van der Waals surface area contributed by atoms with Gasteiger partial charge in [-0.25, -0.2) is 4.79 Å². The van der Waals surface area contributed by atoms with Gasteiger partial charge >= 0.3 is 5.97 Å². The molecule has 0 atom stereocenters. The van der Waals surface area contributed by atoms with Gasteiger partial charge in [0.1, 0.15) is 5.58 Å². The molecular weight excluding hydrogens is 330 g/mol. The van der Waals surface area contributed by atoms with Crippen molar-refractivity contribution in [3.8, 4) is 0 Å². The van der Waals surface area contributed by atoms with Crippen molar-refractivity contribution in [1.82, 2.24) is 0 Å². The van der Waals surface area contributed by atoms with Gasteiger partial charge in [0.2, 0.25) is 0 Å². The predicted octanol–water partition coefficient (Wildman–Crippen LogP) is 3.49. The van der Waals surface area contributed by atoms with E-state index >= 15 is 0 Å². The van der Waals surface area contributed by atoms with E-state index in [2.05, 4.69) is 5.32 Å². The molecule has 0 aliphatic heterocycles. The Bertz CT molecular complexity index is 910. The van der Waals surface area contributed by atoms with Gasteiger partial charge in [-0.2, -0.15) is 11.3 Å². The highest BCUT2D eigenvalue weighted by Gasteiger charge is 2.20. The lowest BCUT2D eigenvalue weighted by Crippen LogP contribution is -2.21. The monoisotopic (exact) mass is 343 g/mol. The van der Waals surface area contributed by atoms with Crippen LogP contribution in [0.2, 0.25) is 0 Å². The highest BCUT2D eigenvalue weighted by Crippen LogP contribution is 2.31. The van der Waals surface area contributed by atoms with Crippen molar-refractivity contribution in [2.75, 3.05) is 11.9 Å². The summed E-state index contributed by atoms with van der Waals surface area (Å²) in [7, 11) is 0. The number of esters is 1. The number of carbonyl (C=O) groups is 3. The van der Waals surface area contributed by atoms with Crippen molar-refractivity contribution in [2.24, 2.45) is 0 Å². The number of nitrogens with one attached hydrogen (secondary N) is 1. The Morgan fingerprint density at radius 2 is 2.00 bits per heavy atom. The molecule has 0 bridgehead atoms. The molecule has 0 saturated heterocycles. The molecule has 0 radical (unpaired) electrons. The zero-order valence-electron chi connectivity index (χ0n) is 12.7. The van der Waals surface area contributed by atoms with E-state index in [1.54, 1.807) is 41.1 Å². The van der Waals surface area contributed by atoms with E-state index in [1.165, 1.54) is 18.3 Å². The Morgan fingerprint density at radius 3 is 2.71 bits per heavy atom. The standard InChI is InChI=1S/C17H13NO5S/c1-10(19)16-15(12-4-2-3-5-13(12)23-16)18-14(20)8-22-17(21)11-6-7-24-9-11/h2-7,9H,8H2,1H3,(H,18,20). The van der Waals surface area contributed by atoms with Gasteiger partial charge in [0.05, 0.1) is 11.3 Å². The fraction of sp³-hybridized carbons (Fsp3) is 0.118. The summed E-state index contributed by atoms with van der Waals surface area (Å²) in [5.74, 6) is -1.37. The quantitative estimate of drug-likeness (QED) is 0.566. The van der Waals surface area contributed by atoms with Gasteiger partial charge in [-0.15, -0.1) is 0 Å². The van der Waals surface area contributed by atoms with Crippen LogP contribution in [0.25, 0.3) is 11.0 Å². The van der Waals surface area contributed by atoms with Crippen molar-refractivity contribution in [2.45, 2.75) is 6.92 Å². The smallest absolute Gasteiger partial charge is 0.339 e. The summed E-state index contributed by atoms with van der Waals surface area (Å²) >= 11 is 1.36. The number of hydrogen-bond acceptors (Lipinski definition) is 6. The topological polar surface area (TPSA) is 85.6 Å². The van der Waals surface area contributed by atoms with E-state index in [0.717, 1.165) is 0 Å². The number of amides is 1.